The van der Waals surface area contributed by atoms with Crippen LogP contribution in [0.4, 0.5) is 4.39 Å². The van der Waals surface area contributed by atoms with Gasteiger partial charge in [0, 0.05) is 11.8 Å². The largest absolute Gasteiger partial charge is 0.455 e. The Morgan fingerprint density at radius 2 is 2.19 bits per heavy atom. The van der Waals surface area contributed by atoms with Crippen molar-refractivity contribution in [2.45, 2.75) is 5.88 Å². The van der Waals surface area contributed by atoms with Gasteiger partial charge in [-0.3, -0.25) is 4.98 Å². The van der Waals surface area contributed by atoms with Crippen LogP contribution in [-0.4, -0.2) is 4.98 Å². The molecule has 1 aromatic carbocycles. The van der Waals surface area contributed by atoms with Crippen LogP contribution < -0.4 is 4.74 Å². The number of nitrogens with zero attached hydrogens (tertiary/aromatic N) is 1. The molecule has 0 N–H and O–H groups in total. The Hall–Kier alpha value is -1.61. The van der Waals surface area contributed by atoms with Gasteiger partial charge in [-0.25, -0.2) is 4.39 Å². The lowest BCUT2D eigenvalue weighted by molar-refractivity contribution is 0.473. The second kappa shape index (κ2) is 4.94. The fraction of sp³-hybridized carbons (Fsp3) is 0.0833. The van der Waals surface area contributed by atoms with Gasteiger partial charge in [-0.15, -0.1) is 11.6 Å². The van der Waals surface area contributed by atoms with Crippen molar-refractivity contribution < 1.29 is 9.13 Å². The number of rotatable bonds is 3. The van der Waals surface area contributed by atoms with Crippen molar-refractivity contribution in [1.82, 2.24) is 4.98 Å². The summed E-state index contributed by atoms with van der Waals surface area (Å²) in [6.07, 6.45) is 3.24. The van der Waals surface area contributed by atoms with E-state index >= 15 is 0 Å². The minimum atomic E-state index is -0.325. The molecular formula is C12H9ClFNO. The molecule has 2 nitrogen and oxygen atoms in total. The normalized spacial score (nSPS) is 10.1. The van der Waals surface area contributed by atoms with Crippen molar-refractivity contribution in [3.8, 4) is 11.5 Å². The third-order valence-corrected chi connectivity index (χ3v) is 2.32. The van der Waals surface area contributed by atoms with Crippen molar-refractivity contribution >= 4 is 11.6 Å². The molecule has 0 saturated heterocycles. The molecule has 0 bridgehead atoms. The number of halogens is 2. The van der Waals surface area contributed by atoms with E-state index < -0.39 is 0 Å². The fourth-order valence-electron chi connectivity index (χ4n) is 1.29. The van der Waals surface area contributed by atoms with Crippen LogP contribution in [0.3, 0.4) is 0 Å². The zero-order valence-corrected chi connectivity index (χ0v) is 9.12. The Kier molecular flexibility index (Phi) is 3.37. The van der Waals surface area contributed by atoms with Crippen LogP contribution in [0, 0.1) is 5.82 Å². The lowest BCUT2D eigenvalue weighted by atomic mass is 10.2. The lowest BCUT2D eigenvalue weighted by Crippen LogP contribution is -1.91. The summed E-state index contributed by atoms with van der Waals surface area (Å²) < 4.78 is 18.5. The average molecular weight is 238 g/mol. The van der Waals surface area contributed by atoms with Crippen LogP contribution in [0.25, 0.3) is 0 Å². The molecule has 16 heavy (non-hydrogen) atoms. The van der Waals surface area contributed by atoms with Crippen LogP contribution in [0.1, 0.15) is 5.56 Å². The maximum absolute atomic E-state index is 12.9. The Morgan fingerprint density at radius 3 is 2.88 bits per heavy atom. The summed E-state index contributed by atoms with van der Waals surface area (Å²) in [5, 5.41) is 0. The molecule has 0 saturated carbocycles. The Balaban J connectivity index is 2.28. The summed E-state index contributed by atoms with van der Waals surface area (Å²) >= 11 is 5.71. The zero-order valence-electron chi connectivity index (χ0n) is 8.36. The highest BCUT2D eigenvalue weighted by molar-refractivity contribution is 6.17. The highest BCUT2D eigenvalue weighted by Gasteiger charge is 2.05. The number of benzene rings is 1. The third kappa shape index (κ3) is 2.49. The molecule has 0 atom stereocenters. The minimum absolute atomic E-state index is 0.202. The first-order valence-electron chi connectivity index (χ1n) is 4.72. The van der Waals surface area contributed by atoms with E-state index in [0.717, 1.165) is 0 Å². The van der Waals surface area contributed by atoms with Crippen LogP contribution in [0.2, 0.25) is 0 Å². The Morgan fingerprint density at radius 1 is 1.31 bits per heavy atom. The predicted octanol–water partition coefficient (Wildman–Crippen LogP) is 3.75. The summed E-state index contributed by atoms with van der Waals surface area (Å²) in [5.41, 5.74) is 0.616. The van der Waals surface area contributed by atoms with Gasteiger partial charge in [0.25, 0.3) is 0 Å². The van der Waals surface area contributed by atoms with Gasteiger partial charge in [-0.05, 0) is 30.3 Å². The molecule has 1 aromatic heterocycles. The third-order valence-electron chi connectivity index (χ3n) is 2.03. The van der Waals surface area contributed by atoms with Gasteiger partial charge in [0.05, 0.1) is 12.1 Å². The van der Waals surface area contributed by atoms with Gasteiger partial charge in [0.15, 0.2) is 0 Å². The maximum atomic E-state index is 12.9. The number of pyridine rings is 1. The van der Waals surface area contributed by atoms with Gasteiger partial charge < -0.3 is 4.74 Å². The van der Waals surface area contributed by atoms with Gasteiger partial charge in [0.1, 0.15) is 17.3 Å². The molecular weight excluding hydrogens is 229 g/mol. The minimum Gasteiger partial charge on any atom is -0.455 e. The predicted molar refractivity (Wildman–Crippen MR) is 60.3 cm³/mol. The van der Waals surface area contributed by atoms with E-state index in [4.69, 9.17) is 16.3 Å². The lowest BCUT2D eigenvalue weighted by Gasteiger charge is -2.08. The number of alkyl halides is 1. The summed E-state index contributed by atoms with van der Waals surface area (Å²) in [4.78, 5) is 3.92. The van der Waals surface area contributed by atoms with E-state index in [-0.39, 0.29) is 11.7 Å². The van der Waals surface area contributed by atoms with E-state index in [2.05, 4.69) is 4.98 Å². The van der Waals surface area contributed by atoms with Gasteiger partial charge in [0.2, 0.25) is 0 Å². The molecule has 0 aliphatic rings. The highest BCUT2D eigenvalue weighted by Crippen LogP contribution is 2.26. The Bertz CT molecular complexity index is 476. The van der Waals surface area contributed by atoms with Crippen LogP contribution >= 0.6 is 11.6 Å². The van der Waals surface area contributed by atoms with Crippen molar-refractivity contribution in [1.29, 1.82) is 0 Å². The molecule has 1 heterocycles. The van der Waals surface area contributed by atoms with E-state index in [0.29, 0.717) is 17.1 Å². The smallest absolute Gasteiger partial charge is 0.145 e. The highest BCUT2D eigenvalue weighted by atomic mass is 35.5. The summed E-state index contributed by atoms with van der Waals surface area (Å²) in [7, 11) is 0. The number of hydrogen-bond acceptors (Lipinski definition) is 2. The SMILES string of the molecule is Fc1ccc(Oc2cccnc2)c(CCl)c1. The first kappa shape index (κ1) is 10.9. The van der Waals surface area contributed by atoms with Gasteiger partial charge >= 0.3 is 0 Å². The molecule has 4 heteroatoms. The first-order chi connectivity index (χ1) is 7.79. The first-order valence-corrected chi connectivity index (χ1v) is 5.25. The molecule has 0 amide bonds. The molecule has 2 aromatic rings. The number of aromatic nitrogens is 1. The van der Waals surface area contributed by atoms with Crippen LogP contribution in [0.5, 0.6) is 11.5 Å². The van der Waals surface area contributed by atoms with Crippen LogP contribution in [-0.2, 0) is 5.88 Å². The van der Waals surface area contributed by atoms with Crippen LogP contribution in [0.15, 0.2) is 42.7 Å². The molecule has 0 aliphatic heterocycles. The average Bonchev–Trinajstić information content (AvgIpc) is 2.33. The van der Waals surface area contributed by atoms with Crippen molar-refractivity contribution in [3.63, 3.8) is 0 Å². The maximum Gasteiger partial charge on any atom is 0.145 e. The molecule has 0 aliphatic carbocycles. The summed E-state index contributed by atoms with van der Waals surface area (Å²) in [5.74, 6) is 1.02. The zero-order chi connectivity index (χ0) is 11.4. The van der Waals surface area contributed by atoms with Gasteiger partial charge in [-0.2, -0.15) is 0 Å². The molecule has 0 fully saturated rings. The molecule has 0 unspecified atom stereocenters. The topological polar surface area (TPSA) is 22.1 Å². The standard InChI is InChI=1S/C12H9ClFNO/c13-7-9-6-10(14)3-4-12(9)16-11-2-1-5-15-8-11/h1-6,8H,7H2. The second-order valence-corrected chi connectivity index (χ2v) is 3.44. The Labute approximate surface area is 97.7 Å². The molecule has 2 rings (SSSR count). The quantitative estimate of drug-likeness (QED) is 0.759. The van der Waals surface area contributed by atoms with Crippen molar-refractivity contribution in [3.05, 3.63) is 54.1 Å². The summed E-state index contributed by atoms with van der Waals surface area (Å²) in [6.45, 7) is 0. The van der Waals surface area contributed by atoms with Crippen molar-refractivity contribution in [2.24, 2.45) is 0 Å². The molecule has 82 valence electrons. The van der Waals surface area contributed by atoms with E-state index in [1.165, 1.54) is 12.1 Å². The van der Waals surface area contributed by atoms with E-state index in [9.17, 15) is 4.39 Å². The fourth-order valence-corrected chi connectivity index (χ4v) is 1.50. The van der Waals surface area contributed by atoms with Gasteiger partial charge in [-0.1, -0.05) is 0 Å². The van der Waals surface area contributed by atoms with E-state index in [1.54, 1.807) is 30.6 Å². The molecule has 0 radical (unpaired) electrons. The van der Waals surface area contributed by atoms with E-state index in [1.807, 2.05) is 0 Å². The monoisotopic (exact) mass is 237 g/mol. The number of hydrogen-bond donors (Lipinski definition) is 0. The number of ether oxygens (including phenoxy) is 1. The summed E-state index contributed by atoms with van der Waals surface area (Å²) in [6, 6.07) is 7.79. The molecule has 0 spiro atoms. The second-order valence-electron chi connectivity index (χ2n) is 3.18. The van der Waals surface area contributed by atoms with Crippen molar-refractivity contribution in [2.75, 3.05) is 0 Å².